The van der Waals surface area contributed by atoms with E-state index in [2.05, 4.69) is 26.0 Å². The maximum Gasteiger partial charge on any atom is 0.319 e. The zero-order valence-electron chi connectivity index (χ0n) is 26.8. The van der Waals surface area contributed by atoms with Crippen LogP contribution in [0, 0.1) is 24.0 Å². The Morgan fingerprint density at radius 3 is 2.90 bits per heavy atom. The monoisotopic (exact) mass is 670 g/mol. The second kappa shape index (κ2) is 11.2. The molecule has 0 radical (unpaired) electrons. The molecule has 5 atom stereocenters. The number of carbonyl (C=O) groups is 1. The molecule has 5 aliphatic heterocycles. The van der Waals surface area contributed by atoms with Crippen LogP contribution in [0.25, 0.3) is 32.9 Å². The molecule has 9 rings (SSSR count). The van der Waals surface area contributed by atoms with Gasteiger partial charge >= 0.3 is 12.0 Å². The number of fused-ring (bicyclic) bond motifs is 7. The number of rotatable bonds is 5. The molecule has 2 aromatic heterocycles. The van der Waals surface area contributed by atoms with Gasteiger partial charge in [0.05, 0.1) is 17.1 Å². The van der Waals surface area contributed by atoms with Crippen LogP contribution < -0.4 is 24.4 Å². The number of nitrogens with zero attached hydrogens (tertiary/aromatic N) is 5. The number of piperazine rings is 1. The largest absolute Gasteiger partial charge is 0.475 e. The third-order valence-electron chi connectivity index (χ3n) is 10.9. The molecule has 4 saturated heterocycles. The zero-order chi connectivity index (χ0) is 33.6. The highest BCUT2D eigenvalue weighted by Gasteiger charge is 2.50. The Balaban J connectivity index is 1.25. The summed E-state index contributed by atoms with van der Waals surface area (Å²) in [5, 5.41) is 4.60. The lowest BCUT2D eigenvalue weighted by molar-refractivity contribution is -0.131. The number of ether oxygens (including phenoxy) is 3. The van der Waals surface area contributed by atoms with Crippen molar-refractivity contribution in [3.05, 3.63) is 41.5 Å². The quantitative estimate of drug-likeness (QED) is 0.183. The fourth-order valence-electron chi connectivity index (χ4n) is 8.77. The van der Waals surface area contributed by atoms with E-state index < -0.39 is 29.3 Å². The zero-order valence-corrected chi connectivity index (χ0v) is 26.8. The van der Waals surface area contributed by atoms with Gasteiger partial charge in [0.2, 0.25) is 5.88 Å². The third kappa shape index (κ3) is 4.79. The molecule has 2 bridgehead atoms. The number of anilines is 1. The Hall–Kier alpha value is -4.67. The topological polar surface area (TPSA) is 102 Å². The highest BCUT2D eigenvalue weighted by atomic mass is 19.1. The van der Waals surface area contributed by atoms with E-state index in [-0.39, 0.29) is 76.7 Å². The molecule has 10 nitrogen and oxygen atoms in total. The van der Waals surface area contributed by atoms with Gasteiger partial charge in [-0.25, -0.2) is 18.2 Å². The lowest BCUT2D eigenvalue weighted by Crippen LogP contribution is -2.60. The number of terminal acetylenes is 1. The fourth-order valence-corrected chi connectivity index (χ4v) is 8.77. The first-order valence-corrected chi connectivity index (χ1v) is 16.7. The molecular formula is C36H33F3N6O4. The van der Waals surface area contributed by atoms with Gasteiger partial charge in [-0.1, -0.05) is 12.0 Å². The minimum absolute atomic E-state index is 0.0338. The van der Waals surface area contributed by atoms with Gasteiger partial charge in [0, 0.05) is 49.5 Å². The van der Waals surface area contributed by atoms with Crippen molar-refractivity contribution in [3.63, 3.8) is 0 Å². The number of nitrogens with one attached hydrogen (secondary N) is 1. The molecule has 7 heterocycles. The molecule has 252 valence electrons. The minimum atomic E-state index is -0.940. The summed E-state index contributed by atoms with van der Waals surface area (Å²) in [4.78, 5) is 30.4. The van der Waals surface area contributed by atoms with E-state index in [9.17, 15) is 9.18 Å². The first kappa shape index (κ1) is 30.4. The summed E-state index contributed by atoms with van der Waals surface area (Å²) in [7, 11) is 0. The second-order valence-corrected chi connectivity index (χ2v) is 13.8. The highest BCUT2D eigenvalue weighted by Crippen LogP contribution is 2.46. The summed E-state index contributed by atoms with van der Waals surface area (Å²) >= 11 is 0. The van der Waals surface area contributed by atoms with Gasteiger partial charge in [-0.15, -0.1) is 6.42 Å². The maximum atomic E-state index is 17.2. The molecule has 4 fully saturated rings. The number of benzene rings is 2. The molecule has 0 unspecified atom stereocenters. The SMILES string of the molecule is C#Cc1c(F)ccc2cc(OC(C)=O)cc(-c3nc4c5c(nc(OC[C@@]67CCCN6C[C@H](F)C7)nc5c3F)N3C[C@H]5CC[C@H](N5)[C@H]3CO4)c12. The average Bonchev–Trinajstić information content (AvgIpc) is 3.71. The molecule has 49 heavy (non-hydrogen) atoms. The number of hydrogen-bond acceptors (Lipinski definition) is 10. The normalized spacial score (nSPS) is 27.0. The molecule has 2 aromatic carbocycles. The van der Waals surface area contributed by atoms with E-state index in [1.165, 1.54) is 31.2 Å². The first-order valence-electron chi connectivity index (χ1n) is 16.7. The van der Waals surface area contributed by atoms with E-state index in [4.69, 9.17) is 30.6 Å². The second-order valence-electron chi connectivity index (χ2n) is 13.8. The van der Waals surface area contributed by atoms with Crippen LogP contribution in [-0.4, -0.2) is 88.5 Å². The Labute approximate surface area is 279 Å². The van der Waals surface area contributed by atoms with Crippen molar-refractivity contribution in [2.45, 2.75) is 68.9 Å². The van der Waals surface area contributed by atoms with Crippen LogP contribution in [0.2, 0.25) is 0 Å². The van der Waals surface area contributed by atoms with Crippen LogP contribution in [0.1, 0.15) is 44.6 Å². The van der Waals surface area contributed by atoms with Crippen LogP contribution in [0.5, 0.6) is 17.6 Å². The smallest absolute Gasteiger partial charge is 0.319 e. The third-order valence-corrected chi connectivity index (χ3v) is 10.9. The van der Waals surface area contributed by atoms with Gasteiger partial charge in [0.1, 0.15) is 53.4 Å². The summed E-state index contributed by atoms with van der Waals surface area (Å²) < 4.78 is 65.0. The van der Waals surface area contributed by atoms with Crippen molar-refractivity contribution in [2.24, 2.45) is 0 Å². The van der Waals surface area contributed by atoms with Crippen LogP contribution >= 0.6 is 0 Å². The van der Waals surface area contributed by atoms with Crippen molar-refractivity contribution in [3.8, 4) is 41.2 Å². The molecule has 0 spiro atoms. The van der Waals surface area contributed by atoms with Crippen molar-refractivity contribution >= 4 is 33.5 Å². The van der Waals surface area contributed by atoms with Crippen LogP contribution in [0.4, 0.5) is 19.0 Å². The molecule has 0 amide bonds. The van der Waals surface area contributed by atoms with Crippen molar-refractivity contribution < 1.29 is 32.2 Å². The number of aromatic nitrogens is 3. The van der Waals surface area contributed by atoms with Gasteiger partial charge in [0.25, 0.3) is 0 Å². The number of alkyl halides is 1. The van der Waals surface area contributed by atoms with E-state index >= 15 is 8.78 Å². The summed E-state index contributed by atoms with van der Waals surface area (Å²) in [6, 6.07) is 5.85. The molecule has 4 aromatic rings. The van der Waals surface area contributed by atoms with Crippen LogP contribution in [0.15, 0.2) is 24.3 Å². The van der Waals surface area contributed by atoms with E-state index in [0.717, 1.165) is 32.2 Å². The standard InChI is InChI=1S/C36H33F3N6O4/c1-3-23-25(38)7-5-19-11-22(49-18(2)46)12-24(28(19)23)31-30(39)32-29-33(45-15-21-6-8-26(40-21)27(45)16-47-34(29)41-31)43-35(42-32)48-17-36-9-4-10-44(36)14-20(37)13-36/h1,5,7,11-12,20-21,26-27,40H,4,6,8-10,13-17H2,2H3/t20-,21-,26+,27-,36+/m1/s1. The van der Waals surface area contributed by atoms with Crippen molar-refractivity contribution in [1.82, 2.24) is 25.2 Å². The van der Waals surface area contributed by atoms with E-state index in [0.29, 0.717) is 36.1 Å². The summed E-state index contributed by atoms with van der Waals surface area (Å²) in [6.07, 6.45) is 8.87. The van der Waals surface area contributed by atoms with E-state index in [1.807, 2.05) is 0 Å². The first-order chi connectivity index (χ1) is 23.7. The van der Waals surface area contributed by atoms with Crippen molar-refractivity contribution in [2.75, 3.05) is 37.7 Å². The highest BCUT2D eigenvalue weighted by molar-refractivity contribution is 6.04. The Morgan fingerprint density at radius 1 is 1.18 bits per heavy atom. The van der Waals surface area contributed by atoms with Gasteiger partial charge < -0.3 is 24.4 Å². The van der Waals surface area contributed by atoms with Crippen LogP contribution in [0.3, 0.4) is 0 Å². The lowest BCUT2D eigenvalue weighted by atomic mass is 9.95. The summed E-state index contributed by atoms with van der Waals surface area (Å²) in [6.45, 7) is 3.45. The van der Waals surface area contributed by atoms with Crippen molar-refractivity contribution in [1.29, 1.82) is 0 Å². The molecule has 1 N–H and O–H groups in total. The number of carbonyl (C=O) groups excluding carboxylic acids is 1. The lowest BCUT2D eigenvalue weighted by Gasteiger charge is -2.40. The Kier molecular flexibility index (Phi) is 6.94. The van der Waals surface area contributed by atoms with E-state index in [1.54, 1.807) is 0 Å². The fraction of sp³-hybridized carbons (Fsp3) is 0.444. The predicted octanol–water partition coefficient (Wildman–Crippen LogP) is 4.69. The number of hydrogen-bond donors (Lipinski definition) is 1. The molecule has 0 aliphatic carbocycles. The molecular weight excluding hydrogens is 637 g/mol. The molecule has 13 heteroatoms. The molecule has 5 aliphatic rings. The van der Waals surface area contributed by atoms with Gasteiger partial charge in [-0.2, -0.15) is 9.97 Å². The van der Waals surface area contributed by atoms with Gasteiger partial charge in [-0.3, -0.25) is 9.69 Å². The summed E-state index contributed by atoms with van der Waals surface area (Å²) in [5.41, 5.74) is -0.761. The number of halogens is 3. The predicted molar refractivity (Wildman–Crippen MR) is 175 cm³/mol. The van der Waals surface area contributed by atoms with Gasteiger partial charge in [0.15, 0.2) is 5.82 Å². The number of esters is 1. The Morgan fingerprint density at radius 2 is 2.06 bits per heavy atom. The number of pyridine rings is 1. The van der Waals surface area contributed by atoms with Crippen LogP contribution in [-0.2, 0) is 4.79 Å². The average molecular weight is 671 g/mol. The summed E-state index contributed by atoms with van der Waals surface area (Å²) in [5.74, 6) is 0.974. The maximum absolute atomic E-state index is 17.2. The minimum Gasteiger partial charge on any atom is -0.475 e. The molecule has 0 saturated carbocycles. The Bertz CT molecular complexity index is 2110. The van der Waals surface area contributed by atoms with Gasteiger partial charge in [-0.05, 0) is 55.8 Å².